The first kappa shape index (κ1) is 16.4. The summed E-state index contributed by atoms with van der Waals surface area (Å²) in [5.74, 6) is -0.840. The van der Waals surface area contributed by atoms with Crippen LogP contribution in [0.25, 0.3) is 0 Å². The molecule has 0 heterocycles. The van der Waals surface area contributed by atoms with E-state index in [1.54, 1.807) is 14.0 Å². The predicted octanol–water partition coefficient (Wildman–Crippen LogP) is 1.27. The van der Waals surface area contributed by atoms with E-state index < -0.39 is 11.5 Å². The van der Waals surface area contributed by atoms with Crippen molar-refractivity contribution in [3.05, 3.63) is 0 Å². The van der Waals surface area contributed by atoms with Crippen LogP contribution in [0, 0.1) is 0 Å². The summed E-state index contributed by atoms with van der Waals surface area (Å²) >= 11 is 0. The lowest BCUT2D eigenvalue weighted by Gasteiger charge is -2.29. The maximum Gasteiger partial charge on any atom is 0.323 e. The van der Waals surface area contributed by atoms with Crippen molar-refractivity contribution < 1.29 is 19.4 Å². The van der Waals surface area contributed by atoms with Crippen LogP contribution in [0.15, 0.2) is 0 Å². The Kier molecular flexibility index (Phi) is 8.12. The van der Waals surface area contributed by atoms with Crippen molar-refractivity contribution >= 4 is 5.97 Å². The van der Waals surface area contributed by atoms with Crippen molar-refractivity contribution in [3.8, 4) is 0 Å². The molecule has 0 spiro atoms. The smallest absolute Gasteiger partial charge is 0.323 e. The fourth-order valence-corrected chi connectivity index (χ4v) is 1.60. The van der Waals surface area contributed by atoms with Gasteiger partial charge in [-0.1, -0.05) is 6.92 Å². The summed E-state index contributed by atoms with van der Waals surface area (Å²) < 4.78 is 10.4. The van der Waals surface area contributed by atoms with Crippen LogP contribution in [0.3, 0.4) is 0 Å². The molecule has 2 atom stereocenters. The monoisotopic (exact) mass is 247 g/mol. The minimum Gasteiger partial charge on any atom is -0.480 e. The van der Waals surface area contributed by atoms with Crippen molar-refractivity contribution in [1.82, 2.24) is 5.32 Å². The van der Waals surface area contributed by atoms with Crippen LogP contribution in [0.1, 0.15) is 33.6 Å². The Morgan fingerprint density at radius 3 is 2.59 bits per heavy atom. The highest BCUT2D eigenvalue weighted by Gasteiger charge is 2.34. The van der Waals surface area contributed by atoms with Crippen LogP contribution in [0.2, 0.25) is 0 Å². The molecule has 0 aliphatic rings. The first-order valence-electron chi connectivity index (χ1n) is 6.05. The molecule has 0 aromatic heterocycles. The van der Waals surface area contributed by atoms with E-state index in [0.29, 0.717) is 26.2 Å². The lowest BCUT2D eigenvalue weighted by Crippen LogP contribution is -2.51. The van der Waals surface area contributed by atoms with Crippen LogP contribution >= 0.6 is 0 Å². The maximum absolute atomic E-state index is 11.2. The SMILES string of the molecule is CCCNC(C)(CC(C)OCCOC)C(=O)O. The van der Waals surface area contributed by atoms with Crippen molar-refractivity contribution in [2.75, 3.05) is 26.9 Å². The molecular formula is C12H25NO4. The maximum atomic E-state index is 11.2. The summed E-state index contributed by atoms with van der Waals surface area (Å²) in [6.07, 6.45) is 1.23. The molecule has 0 aliphatic heterocycles. The Labute approximate surface area is 103 Å². The Hall–Kier alpha value is -0.650. The molecule has 0 amide bonds. The number of methoxy groups -OCH3 is 1. The molecule has 0 radical (unpaired) electrons. The molecule has 2 unspecified atom stereocenters. The molecule has 102 valence electrons. The zero-order valence-corrected chi connectivity index (χ0v) is 11.3. The number of aliphatic carboxylic acids is 1. The van der Waals surface area contributed by atoms with Gasteiger partial charge in [-0.05, 0) is 26.8 Å². The van der Waals surface area contributed by atoms with Gasteiger partial charge in [0.15, 0.2) is 0 Å². The normalized spacial score (nSPS) is 16.5. The molecule has 2 N–H and O–H groups in total. The van der Waals surface area contributed by atoms with E-state index in [1.807, 2.05) is 13.8 Å². The van der Waals surface area contributed by atoms with Crippen LogP contribution in [-0.4, -0.2) is 49.6 Å². The van der Waals surface area contributed by atoms with Crippen LogP contribution < -0.4 is 5.32 Å². The highest BCUT2D eigenvalue weighted by molar-refractivity contribution is 5.78. The molecule has 0 rings (SSSR count). The van der Waals surface area contributed by atoms with Crippen molar-refractivity contribution in [2.45, 2.75) is 45.3 Å². The number of nitrogens with one attached hydrogen (secondary N) is 1. The second-order valence-electron chi connectivity index (χ2n) is 4.44. The highest BCUT2D eigenvalue weighted by Crippen LogP contribution is 2.15. The fraction of sp³-hybridized carbons (Fsp3) is 0.917. The van der Waals surface area contributed by atoms with Crippen molar-refractivity contribution in [3.63, 3.8) is 0 Å². The molecule has 5 nitrogen and oxygen atoms in total. The van der Waals surface area contributed by atoms with E-state index in [4.69, 9.17) is 9.47 Å². The lowest BCUT2D eigenvalue weighted by atomic mass is 9.94. The quantitative estimate of drug-likeness (QED) is 0.569. The minimum absolute atomic E-state index is 0.115. The molecule has 17 heavy (non-hydrogen) atoms. The van der Waals surface area contributed by atoms with Gasteiger partial charge in [-0.3, -0.25) is 4.79 Å². The molecule has 0 fully saturated rings. The molecular weight excluding hydrogens is 222 g/mol. The molecule has 0 saturated heterocycles. The van der Waals surface area contributed by atoms with Gasteiger partial charge in [-0.25, -0.2) is 0 Å². The predicted molar refractivity (Wildman–Crippen MR) is 66.2 cm³/mol. The van der Waals surface area contributed by atoms with Gasteiger partial charge in [-0.2, -0.15) is 0 Å². The third-order valence-corrected chi connectivity index (χ3v) is 2.62. The van der Waals surface area contributed by atoms with E-state index in [1.165, 1.54) is 0 Å². The summed E-state index contributed by atoms with van der Waals surface area (Å²) in [4.78, 5) is 11.2. The lowest BCUT2D eigenvalue weighted by molar-refractivity contribution is -0.146. The number of carbonyl (C=O) groups is 1. The Balaban J connectivity index is 4.18. The van der Waals surface area contributed by atoms with Crippen LogP contribution in [0.4, 0.5) is 0 Å². The summed E-state index contributed by atoms with van der Waals surface area (Å²) in [7, 11) is 1.61. The topological polar surface area (TPSA) is 67.8 Å². The number of carboxylic acids is 1. The number of hydrogen-bond donors (Lipinski definition) is 2. The second-order valence-corrected chi connectivity index (χ2v) is 4.44. The zero-order chi connectivity index (χ0) is 13.3. The largest absolute Gasteiger partial charge is 0.480 e. The third kappa shape index (κ3) is 6.61. The first-order valence-corrected chi connectivity index (χ1v) is 6.05. The molecule has 0 aromatic carbocycles. The Morgan fingerprint density at radius 1 is 1.47 bits per heavy atom. The summed E-state index contributed by atoms with van der Waals surface area (Å²) in [5, 5.41) is 12.3. The van der Waals surface area contributed by atoms with E-state index in [2.05, 4.69) is 5.32 Å². The average molecular weight is 247 g/mol. The van der Waals surface area contributed by atoms with Gasteiger partial charge in [0, 0.05) is 13.5 Å². The molecule has 0 saturated carbocycles. The van der Waals surface area contributed by atoms with E-state index >= 15 is 0 Å². The van der Waals surface area contributed by atoms with Gasteiger partial charge in [0.1, 0.15) is 5.54 Å². The third-order valence-electron chi connectivity index (χ3n) is 2.62. The zero-order valence-electron chi connectivity index (χ0n) is 11.3. The number of rotatable bonds is 10. The standard InChI is InChI=1S/C12H25NO4/c1-5-6-13-12(3,11(14)15)9-10(2)17-8-7-16-4/h10,13H,5-9H2,1-4H3,(H,14,15). The van der Waals surface area contributed by atoms with Crippen LogP contribution in [0.5, 0.6) is 0 Å². The second kappa shape index (κ2) is 8.44. The summed E-state index contributed by atoms with van der Waals surface area (Å²) in [5.41, 5.74) is -0.928. The number of hydrogen-bond acceptors (Lipinski definition) is 4. The van der Waals surface area contributed by atoms with E-state index in [0.717, 1.165) is 6.42 Å². The Morgan fingerprint density at radius 2 is 2.12 bits per heavy atom. The van der Waals surface area contributed by atoms with Gasteiger partial charge in [0.05, 0.1) is 19.3 Å². The van der Waals surface area contributed by atoms with E-state index in [9.17, 15) is 9.90 Å². The first-order chi connectivity index (χ1) is 7.96. The summed E-state index contributed by atoms with van der Waals surface area (Å²) in [6, 6.07) is 0. The van der Waals surface area contributed by atoms with Crippen molar-refractivity contribution in [2.24, 2.45) is 0 Å². The van der Waals surface area contributed by atoms with Gasteiger partial charge < -0.3 is 19.9 Å². The molecule has 5 heteroatoms. The summed E-state index contributed by atoms with van der Waals surface area (Å²) in [6.45, 7) is 7.28. The van der Waals surface area contributed by atoms with Gasteiger partial charge in [0.25, 0.3) is 0 Å². The Bertz CT molecular complexity index is 223. The van der Waals surface area contributed by atoms with Crippen molar-refractivity contribution in [1.29, 1.82) is 0 Å². The highest BCUT2D eigenvalue weighted by atomic mass is 16.5. The fourth-order valence-electron chi connectivity index (χ4n) is 1.60. The van der Waals surface area contributed by atoms with E-state index in [-0.39, 0.29) is 6.10 Å². The molecule has 0 bridgehead atoms. The molecule has 0 aromatic rings. The number of ether oxygens (including phenoxy) is 2. The van der Waals surface area contributed by atoms with Gasteiger partial charge >= 0.3 is 5.97 Å². The molecule has 0 aliphatic carbocycles. The number of carboxylic acid groups (broad SMARTS) is 1. The van der Waals surface area contributed by atoms with Gasteiger partial charge in [0.2, 0.25) is 0 Å². The average Bonchev–Trinajstić information content (AvgIpc) is 2.26. The van der Waals surface area contributed by atoms with Gasteiger partial charge in [-0.15, -0.1) is 0 Å². The van der Waals surface area contributed by atoms with Crippen LogP contribution in [-0.2, 0) is 14.3 Å². The minimum atomic E-state index is -0.928.